The smallest absolute Gasteiger partial charge is 0.254 e. The number of para-hydroxylation sites is 1. The molecule has 1 aliphatic heterocycles. The Morgan fingerprint density at radius 2 is 1.75 bits per heavy atom. The van der Waals surface area contributed by atoms with Crippen LogP contribution in [0.25, 0.3) is 5.69 Å². The van der Waals surface area contributed by atoms with Crippen molar-refractivity contribution in [3.05, 3.63) is 107 Å². The van der Waals surface area contributed by atoms with E-state index in [0.29, 0.717) is 35.3 Å². The highest BCUT2D eigenvalue weighted by molar-refractivity contribution is 6.30. The molecule has 1 aliphatic rings. The number of aromatic nitrogens is 2. The number of benzene rings is 3. The number of nitrogens with zero attached hydrogens (tertiary/aromatic N) is 3. The molecule has 1 amide bonds. The molecule has 4 aromatic rings. The summed E-state index contributed by atoms with van der Waals surface area (Å²) in [4.78, 5) is 15.5. The van der Waals surface area contributed by atoms with Gasteiger partial charge in [0.2, 0.25) is 5.88 Å². The highest BCUT2D eigenvalue weighted by Crippen LogP contribution is 2.33. The van der Waals surface area contributed by atoms with Crippen LogP contribution in [-0.2, 0) is 11.3 Å². The molecular weight excluding hydrogens is 474 g/mol. The van der Waals surface area contributed by atoms with Crippen molar-refractivity contribution < 1.29 is 14.3 Å². The predicted molar refractivity (Wildman–Crippen MR) is 140 cm³/mol. The summed E-state index contributed by atoms with van der Waals surface area (Å²) >= 11 is 6.09. The van der Waals surface area contributed by atoms with Gasteiger partial charge in [-0.15, -0.1) is 0 Å². The van der Waals surface area contributed by atoms with Crippen molar-refractivity contribution in [1.29, 1.82) is 0 Å². The molecular formula is C29H28ClN3O3. The number of hydrogen-bond acceptors (Lipinski definition) is 4. The van der Waals surface area contributed by atoms with Crippen molar-refractivity contribution in [2.45, 2.75) is 32.4 Å². The average molecular weight is 502 g/mol. The SMILES string of the molecule is Cc1nn(-c2ccccc2)c(Oc2ccc(Cl)cc2)c1CN(CC1CCCO1)C(=O)c1ccccc1. The summed E-state index contributed by atoms with van der Waals surface area (Å²) in [6, 6.07) is 26.4. The molecule has 2 heterocycles. The Balaban J connectivity index is 1.54. The van der Waals surface area contributed by atoms with Gasteiger partial charge in [-0.3, -0.25) is 4.79 Å². The zero-order chi connectivity index (χ0) is 24.9. The largest absolute Gasteiger partial charge is 0.439 e. The zero-order valence-corrected chi connectivity index (χ0v) is 20.9. The molecule has 1 saturated heterocycles. The summed E-state index contributed by atoms with van der Waals surface area (Å²) in [5, 5.41) is 5.44. The summed E-state index contributed by atoms with van der Waals surface area (Å²) in [5.41, 5.74) is 3.15. The van der Waals surface area contributed by atoms with Crippen LogP contribution in [0.5, 0.6) is 11.6 Å². The molecule has 3 aromatic carbocycles. The maximum Gasteiger partial charge on any atom is 0.254 e. The normalized spacial score (nSPS) is 15.1. The molecule has 7 heteroatoms. The lowest BCUT2D eigenvalue weighted by atomic mass is 10.1. The van der Waals surface area contributed by atoms with E-state index in [0.717, 1.165) is 36.4 Å². The van der Waals surface area contributed by atoms with Crippen LogP contribution in [0.3, 0.4) is 0 Å². The van der Waals surface area contributed by atoms with Crippen LogP contribution in [0.15, 0.2) is 84.9 Å². The third-order valence-corrected chi connectivity index (χ3v) is 6.52. The maximum absolute atomic E-state index is 13.6. The van der Waals surface area contributed by atoms with E-state index >= 15 is 0 Å². The van der Waals surface area contributed by atoms with E-state index in [9.17, 15) is 4.79 Å². The first kappa shape index (κ1) is 24.1. The molecule has 1 unspecified atom stereocenters. The number of halogens is 1. The molecule has 1 atom stereocenters. The molecule has 0 N–H and O–H groups in total. The van der Waals surface area contributed by atoms with Crippen molar-refractivity contribution in [1.82, 2.24) is 14.7 Å². The Kier molecular flexibility index (Phi) is 7.35. The fraction of sp³-hybridized carbons (Fsp3) is 0.241. The fourth-order valence-corrected chi connectivity index (χ4v) is 4.52. The van der Waals surface area contributed by atoms with E-state index in [1.165, 1.54) is 0 Å². The summed E-state index contributed by atoms with van der Waals surface area (Å²) in [6.45, 7) is 3.52. The monoisotopic (exact) mass is 501 g/mol. The van der Waals surface area contributed by atoms with Gasteiger partial charge >= 0.3 is 0 Å². The number of carbonyl (C=O) groups is 1. The average Bonchev–Trinajstić information content (AvgIpc) is 3.54. The second-order valence-electron chi connectivity index (χ2n) is 8.86. The van der Waals surface area contributed by atoms with Gasteiger partial charge in [0.25, 0.3) is 5.91 Å². The lowest BCUT2D eigenvalue weighted by molar-refractivity contribution is 0.0505. The molecule has 36 heavy (non-hydrogen) atoms. The second kappa shape index (κ2) is 11.0. The number of rotatable bonds is 8. The standard InChI is InChI=1S/C29H28ClN3O3/c1-21-27(20-32(19-26-13-8-18-35-26)28(34)22-9-4-2-5-10-22)29(36-25-16-14-23(30)15-17-25)33(31-21)24-11-6-3-7-12-24/h2-7,9-12,14-17,26H,8,13,18-20H2,1H3. The van der Waals surface area contributed by atoms with E-state index in [4.69, 9.17) is 26.2 Å². The highest BCUT2D eigenvalue weighted by Gasteiger charge is 2.27. The van der Waals surface area contributed by atoms with Crippen molar-refractivity contribution in [2.24, 2.45) is 0 Å². The van der Waals surface area contributed by atoms with Crippen molar-refractivity contribution in [3.8, 4) is 17.3 Å². The Hall–Kier alpha value is -3.61. The Labute approximate surface area is 216 Å². The van der Waals surface area contributed by atoms with Crippen molar-refractivity contribution in [2.75, 3.05) is 13.2 Å². The van der Waals surface area contributed by atoms with Gasteiger partial charge in [-0.1, -0.05) is 48.0 Å². The summed E-state index contributed by atoms with van der Waals surface area (Å²) < 4.78 is 14.1. The van der Waals surface area contributed by atoms with Gasteiger partial charge in [-0.2, -0.15) is 5.10 Å². The molecule has 1 fully saturated rings. The third kappa shape index (κ3) is 5.45. The lowest BCUT2D eigenvalue weighted by Crippen LogP contribution is -2.37. The van der Waals surface area contributed by atoms with Crippen LogP contribution in [0.1, 0.15) is 34.5 Å². The number of ether oxygens (including phenoxy) is 2. The van der Waals surface area contributed by atoms with E-state index in [2.05, 4.69) is 0 Å². The fourth-order valence-electron chi connectivity index (χ4n) is 4.39. The lowest BCUT2D eigenvalue weighted by Gasteiger charge is -2.26. The van der Waals surface area contributed by atoms with Crippen LogP contribution in [0, 0.1) is 6.92 Å². The van der Waals surface area contributed by atoms with Gasteiger partial charge in [0, 0.05) is 23.7 Å². The van der Waals surface area contributed by atoms with Crippen molar-refractivity contribution >= 4 is 17.5 Å². The van der Waals surface area contributed by atoms with E-state index in [-0.39, 0.29) is 12.0 Å². The summed E-state index contributed by atoms with van der Waals surface area (Å²) in [5.74, 6) is 1.16. The molecule has 0 saturated carbocycles. The van der Waals surface area contributed by atoms with Gasteiger partial charge < -0.3 is 14.4 Å². The van der Waals surface area contributed by atoms with Crippen LogP contribution in [-0.4, -0.2) is 39.8 Å². The first-order valence-corrected chi connectivity index (χ1v) is 12.5. The number of aryl methyl sites for hydroxylation is 1. The van der Waals surface area contributed by atoms with Crippen LogP contribution < -0.4 is 4.74 Å². The molecule has 5 rings (SSSR count). The minimum atomic E-state index is -0.0459. The first-order valence-electron chi connectivity index (χ1n) is 12.1. The van der Waals surface area contributed by atoms with Gasteiger partial charge in [0.15, 0.2) is 0 Å². The maximum atomic E-state index is 13.6. The Morgan fingerprint density at radius 3 is 2.42 bits per heavy atom. The summed E-state index contributed by atoms with van der Waals surface area (Å²) in [6.07, 6.45) is 1.96. The number of carbonyl (C=O) groups excluding carboxylic acids is 1. The molecule has 6 nitrogen and oxygen atoms in total. The Morgan fingerprint density at radius 1 is 1.06 bits per heavy atom. The molecule has 1 aromatic heterocycles. The van der Waals surface area contributed by atoms with E-state index < -0.39 is 0 Å². The van der Waals surface area contributed by atoms with E-state index in [1.807, 2.05) is 84.6 Å². The van der Waals surface area contributed by atoms with Crippen LogP contribution >= 0.6 is 11.6 Å². The Bertz CT molecular complexity index is 1300. The minimum Gasteiger partial charge on any atom is -0.439 e. The number of amides is 1. The van der Waals surface area contributed by atoms with Gasteiger partial charge in [0.05, 0.1) is 29.6 Å². The zero-order valence-electron chi connectivity index (χ0n) is 20.1. The highest BCUT2D eigenvalue weighted by atomic mass is 35.5. The molecule has 0 bridgehead atoms. The van der Waals surface area contributed by atoms with Crippen LogP contribution in [0.4, 0.5) is 0 Å². The van der Waals surface area contributed by atoms with Gasteiger partial charge in [-0.25, -0.2) is 4.68 Å². The van der Waals surface area contributed by atoms with E-state index in [1.54, 1.807) is 16.8 Å². The second-order valence-corrected chi connectivity index (χ2v) is 9.30. The predicted octanol–water partition coefficient (Wildman–Crippen LogP) is 6.45. The minimum absolute atomic E-state index is 0.0165. The number of hydrogen-bond donors (Lipinski definition) is 0. The molecule has 184 valence electrons. The van der Waals surface area contributed by atoms with Gasteiger partial charge in [0.1, 0.15) is 5.75 Å². The summed E-state index contributed by atoms with van der Waals surface area (Å²) in [7, 11) is 0. The van der Waals surface area contributed by atoms with Crippen LogP contribution in [0.2, 0.25) is 5.02 Å². The van der Waals surface area contributed by atoms with Crippen molar-refractivity contribution in [3.63, 3.8) is 0 Å². The topological polar surface area (TPSA) is 56.6 Å². The third-order valence-electron chi connectivity index (χ3n) is 6.27. The molecule has 0 spiro atoms. The molecule has 0 aliphatic carbocycles. The van der Waals surface area contributed by atoms with Gasteiger partial charge in [-0.05, 0) is 68.3 Å². The quantitative estimate of drug-likeness (QED) is 0.278. The first-order chi connectivity index (χ1) is 17.6. The molecule has 0 radical (unpaired) electrons.